The molecule has 0 fully saturated rings. The lowest BCUT2D eigenvalue weighted by Gasteiger charge is -2.17. The highest BCUT2D eigenvalue weighted by molar-refractivity contribution is 5.76. The van der Waals surface area contributed by atoms with Crippen LogP contribution in [-0.4, -0.2) is 50.7 Å². The molecule has 0 aliphatic carbocycles. The third-order valence-electron chi connectivity index (χ3n) is 2.16. The Morgan fingerprint density at radius 2 is 2.13 bits per heavy atom. The van der Waals surface area contributed by atoms with Crippen molar-refractivity contribution in [3.8, 4) is 0 Å². The minimum Gasteiger partial charge on any atom is -0.385 e. The largest absolute Gasteiger partial charge is 0.385 e. The van der Waals surface area contributed by atoms with E-state index < -0.39 is 0 Å². The fourth-order valence-electron chi connectivity index (χ4n) is 1.23. The summed E-state index contributed by atoms with van der Waals surface area (Å²) >= 11 is 0. The molecule has 0 rings (SSSR count). The summed E-state index contributed by atoms with van der Waals surface area (Å²) in [6.45, 7) is 6.39. The third kappa shape index (κ3) is 8.39. The van der Waals surface area contributed by atoms with Crippen molar-refractivity contribution in [1.82, 2.24) is 10.2 Å². The second-order valence-electron chi connectivity index (χ2n) is 4.02. The first kappa shape index (κ1) is 14.4. The van der Waals surface area contributed by atoms with E-state index in [0.717, 1.165) is 19.5 Å². The van der Waals surface area contributed by atoms with E-state index in [-0.39, 0.29) is 5.91 Å². The maximum Gasteiger partial charge on any atom is 0.223 e. The Morgan fingerprint density at radius 3 is 2.67 bits per heavy atom. The molecule has 0 bridgehead atoms. The van der Waals surface area contributed by atoms with Gasteiger partial charge in [0.15, 0.2) is 0 Å². The Bertz CT molecular complexity index is 172. The van der Waals surface area contributed by atoms with E-state index in [0.29, 0.717) is 19.1 Å². The zero-order chi connectivity index (χ0) is 11.7. The van der Waals surface area contributed by atoms with Crippen molar-refractivity contribution in [3.05, 3.63) is 0 Å². The molecule has 0 spiro atoms. The van der Waals surface area contributed by atoms with E-state index >= 15 is 0 Å². The summed E-state index contributed by atoms with van der Waals surface area (Å²) in [6.07, 6.45) is 1.47. The first-order valence-corrected chi connectivity index (χ1v) is 5.54. The van der Waals surface area contributed by atoms with E-state index in [1.54, 1.807) is 12.0 Å². The Labute approximate surface area is 93.0 Å². The monoisotopic (exact) mass is 216 g/mol. The van der Waals surface area contributed by atoms with Crippen molar-refractivity contribution in [2.75, 3.05) is 33.9 Å². The fourth-order valence-corrected chi connectivity index (χ4v) is 1.23. The van der Waals surface area contributed by atoms with E-state index in [2.05, 4.69) is 19.2 Å². The minimum absolute atomic E-state index is 0.194. The van der Waals surface area contributed by atoms with Gasteiger partial charge in [-0.15, -0.1) is 0 Å². The van der Waals surface area contributed by atoms with Crippen molar-refractivity contribution in [3.63, 3.8) is 0 Å². The van der Waals surface area contributed by atoms with Crippen molar-refractivity contribution in [2.24, 2.45) is 0 Å². The van der Waals surface area contributed by atoms with Gasteiger partial charge in [0.1, 0.15) is 0 Å². The number of ether oxygens (including phenoxy) is 1. The summed E-state index contributed by atoms with van der Waals surface area (Å²) < 4.78 is 4.93. The minimum atomic E-state index is 0.194. The maximum atomic E-state index is 11.6. The summed E-state index contributed by atoms with van der Waals surface area (Å²) in [7, 11) is 3.52. The summed E-state index contributed by atoms with van der Waals surface area (Å²) in [5, 5.41) is 3.23. The highest BCUT2D eigenvalue weighted by atomic mass is 16.5. The van der Waals surface area contributed by atoms with Gasteiger partial charge in [-0.1, -0.05) is 13.8 Å². The lowest BCUT2D eigenvalue weighted by Crippen LogP contribution is -2.32. The average Bonchev–Trinajstić information content (AvgIpc) is 2.17. The van der Waals surface area contributed by atoms with Crippen LogP contribution in [0, 0.1) is 0 Å². The molecule has 0 radical (unpaired) electrons. The van der Waals surface area contributed by atoms with Crippen LogP contribution in [0.5, 0.6) is 0 Å². The van der Waals surface area contributed by atoms with Crippen LogP contribution < -0.4 is 5.32 Å². The number of methoxy groups -OCH3 is 1. The lowest BCUT2D eigenvalue weighted by molar-refractivity contribution is -0.129. The number of hydrogen-bond donors (Lipinski definition) is 1. The molecule has 90 valence electrons. The van der Waals surface area contributed by atoms with Crippen LogP contribution in [0.2, 0.25) is 0 Å². The van der Waals surface area contributed by atoms with Gasteiger partial charge in [0.2, 0.25) is 5.91 Å². The van der Waals surface area contributed by atoms with Gasteiger partial charge >= 0.3 is 0 Å². The SMILES string of the molecule is COCCCN(C)C(=O)CCNC(C)C. The highest BCUT2D eigenvalue weighted by Crippen LogP contribution is 1.93. The van der Waals surface area contributed by atoms with Crippen LogP contribution in [-0.2, 0) is 9.53 Å². The van der Waals surface area contributed by atoms with Crippen LogP contribution >= 0.6 is 0 Å². The van der Waals surface area contributed by atoms with Gasteiger partial charge in [0, 0.05) is 46.3 Å². The van der Waals surface area contributed by atoms with Gasteiger partial charge in [-0.25, -0.2) is 0 Å². The van der Waals surface area contributed by atoms with Crippen LogP contribution in [0.1, 0.15) is 26.7 Å². The van der Waals surface area contributed by atoms with Gasteiger partial charge in [0.25, 0.3) is 0 Å². The molecule has 0 aromatic rings. The third-order valence-corrected chi connectivity index (χ3v) is 2.16. The number of amides is 1. The van der Waals surface area contributed by atoms with Gasteiger partial charge in [-0.2, -0.15) is 0 Å². The zero-order valence-electron chi connectivity index (χ0n) is 10.4. The summed E-state index contributed by atoms with van der Waals surface area (Å²) in [5.74, 6) is 0.194. The molecule has 1 N–H and O–H groups in total. The number of rotatable bonds is 8. The summed E-state index contributed by atoms with van der Waals surface area (Å²) in [5.41, 5.74) is 0. The topological polar surface area (TPSA) is 41.6 Å². The van der Waals surface area contributed by atoms with Crippen LogP contribution in [0.25, 0.3) is 0 Å². The zero-order valence-corrected chi connectivity index (χ0v) is 10.4. The Balaban J connectivity index is 3.51. The molecule has 0 unspecified atom stereocenters. The van der Waals surface area contributed by atoms with Gasteiger partial charge in [0.05, 0.1) is 0 Å². The predicted octanol–water partition coefficient (Wildman–Crippen LogP) is 0.869. The molecule has 15 heavy (non-hydrogen) atoms. The van der Waals surface area contributed by atoms with Crippen molar-refractivity contribution < 1.29 is 9.53 Å². The second kappa shape index (κ2) is 8.68. The summed E-state index contributed by atoms with van der Waals surface area (Å²) in [4.78, 5) is 13.3. The first-order valence-electron chi connectivity index (χ1n) is 5.54. The highest BCUT2D eigenvalue weighted by Gasteiger charge is 2.07. The molecule has 0 saturated carbocycles. The Hall–Kier alpha value is -0.610. The van der Waals surface area contributed by atoms with Crippen molar-refractivity contribution >= 4 is 5.91 Å². The fraction of sp³-hybridized carbons (Fsp3) is 0.909. The van der Waals surface area contributed by atoms with E-state index in [1.807, 2.05) is 7.05 Å². The molecule has 0 aromatic heterocycles. The first-order chi connectivity index (χ1) is 7.07. The predicted molar refractivity (Wildman–Crippen MR) is 61.9 cm³/mol. The summed E-state index contributed by atoms with van der Waals surface area (Å²) in [6, 6.07) is 0.441. The lowest BCUT2D eigenvalue weighted by atomic mass is 10.3. The average molecular weight is 216 g/mol. The molecule has 0 aromatic carbocycles. The quantitative estimate of drug-likeness (QED) is 0.612. The number of carbonyl (C=O) groups is 1. The molecule has 4 heteroatoms. The van der Waals surface area contributed by atoms with Crippen molar-refractivity contribution in [1.29, 1.82) is 0 Å². The smallest absolute Gasteiger partial charge is 0.223 e. The molecule has 0 heterocycles. The molecule has 0 atom stereocenters. The standard InChI is InChI=1S/C11H24N2O2/c1-10(2)12-7-6-11(14)13(3)8-5-9-15-4/h10,12H,5-9H2,1-4H3. The number of carbonyl (C=O) groups excluding carboxylic acids is 1. The molecular formula is C11H24N2O2. The van der Waals surface area contributed by atoms with Gasteiger partial charge < -0.3 is 15.0 Å². The maximum absolute atomic E-state index is 11.6. The molecule has 0 saturated heterocycles. The second-order valence-corrected chi connectivity index (χ2v) is 4.02. The molecule has 1 amide bonds. The number of nitrogens with zero attached hydrogens (tertiary/aromatic N) is 1. The normalized spacial score (nSPS) is 10.7. The van der Waals surface area contributed by atoms with E-state index in [1.165, 1.54) is 0 Å². The van der Waals surface area contributed by atoms with Gasteiger partial charge in [-0.05, 0) is 6.42 Å². The van der Waals surface area contributed by atoms with E-state index in [9.17, 15) is 4.79 Å². The Morgan fingerprint density at radius 1 is 1.47 bits per heavy atom. The van der Waals surface area contributed by atoms with Crippen molar-refractivity contribution in [2.45, 2.75) is 32.7 Å². The van der Waals surface area contributed by atoms with Gasteiger partial charge in [-0.3, -0.25) is 4.79 Å². The van der Waals surface area contributed by atoms with Crippen LogP contribution in [0.15, 0.2) is 0 Å². The molecule has 0 aliphatic rings. The van der Waals surface area contributed by atoms with E-state index in [4.69, 9.17) is 4.74 Å². The number of nitrogens with one attached hydrogen (secondary N) is 1. The number of hydrogen-bond acceptors (Lipinski definition) is 3. The van der Waals surface area contributed by atoms with Crippen LogP contribution in [0.4, 0.5) is 0 Å². The van der Waals surface area contributed by atoms with Crippen LogP contribution in [0.3, 0.4) is 0 Å². The molecule has 0 aliphatic heterocycles. The Kier molecular flexibility index (Phi) is 8.33. The molecule has 4 nitrogen and oxygen atoms in total. The molecular weight excluding hydrogens is 192 g/mol.